The van der Waals surface area contributed by atoms with Crippen molar-refractivity contribution in [3.8, 4) is 11.9 Å². The maximum Gasteiger partial charge on any atom is 0.219 e. The van der Waals surface area contributed by atoms with Gasteiger partial charge in [-0.2, -0.15) is 5.26 Å². The van der Waals surface area contributed by atoms with E-state index in [2.05, 4.69) is 6.07 Å². The summed E-state index contributed by atoms with van der Waals surface area (Å²) in [4.78, 5) is 0. The van der Waals surface area contributed by atoms with Crippen LogP contribution in [0.3, 0.4) is 0 Å². The van der Waals surface area contributed by atoms with Gasteiger partial charge in [-0.3, -0.25) is 4.57 Å². The average molecular weight is 320 g/mol. The van der Waals surface area contributed by atoms with Crippen molar-refractivity contribution < 1.29 is 9.47 Å². The number of rotatable bonds is 6. The van der Waals surface area contributed by atoms with Gasteiger partial charge in [-0.1, -0.05) is 29.8 Å². The zero-order valence-corrected chi connectivity index (χ0v) is 13.3. The number of ether oxygens (including phenoxy) is 2. The van der Waals surface area contributed by atoms with Gasteiger partial charge in [-0.15, -0.1) is 0 Å². The minimum atomic E-state index is -0.182. The standard InChI is InChI=1S/C16H18ClN3O2/c1-11(10-21-2)22-16-15(19)7-13(8-18)20(16)9-12-5-3-4-6-14(12)17/h3-7,11H,9-10,19H2,1-2H3/t11-/m0/s1. The monoisotopic (exact) mass is 319 g/mol. The lowest BCUT2D eigenvalue weighted by atomic mass is 10.2. The molecule has 2 rings (SSSR count). The van der Waals surface area contributed by atoms with Crippen LogP contribution in [0.5, 0.6) is 5.88 Å². The number of nitrogens with zero attached hydrogens (tertiary/aromatic N) is 2. The van der Waals surface area contributed by atoms with Gasteiger partial charge in [0.1, 0.15) is 17.9 Å². The molecule has 0 aliphatic rings. The molecule has 5 nitrogen and oxygen atoms in total. The SMILES string of the molecule is COC[C@H](C)Oc1c(N)cc(C#N)n1Cc1ccccc1Cl. The lowest BCUT2D eigenvalue weighted by Gasteiger charge is -2.17. The average Bonchev–Trinajstić information content (AvgIpc) is 2.78. The minimum Gasteiger partial charge on any atom is -0.472 e. The van der Waals surface area contributed by atoms with Crippen molar-refractivity contribution in [1.82, 2.24) is 4.57 Å². The van der Waals surface area contributed by atoms with E-state index in [0.29, 0.717) is 35.4 Å². The Labute approximate surface area is 134 Å². The molecule has 0 aliphatic heterocycles. The lowest BCUT2D eigenvalue weighted by molar-refractivity contribution is 0.0869. The van der Waals surface area contributed by atoms with Crippen LogP contribution < -0.4 is 10.5 Å². The van der Waals surface area contributed by atoms with Crippen molar-refractivity contribution in [3.63, 3.8) is 0 Å². The molecule has 0 bridgehead atoms. The molecule has 116 valence electrons. The van der Waals surface area contributed by atoms with Crippen LogP contribution in [0.2, 0.25) is 5.02 Å². The van der Waals surface area contributed by atoms with Crippen LogP contribution in [-0.4, -0.2) is 24.4 Å². The number of benzene rings is 1. The molecule has 1 heterocycles. The predicted molar refractivity (Wildman–Crippen MR) is 86.1 cm³/mol. The second-order valence-electron chi connectivity index (χ2n) is 4.96. The summed E-state index contributed by atoms with van der Waals surface area (Å²) in [6.07, 6.45) is -0.182. The van der Waals surface area contributed by atoms with E-state index >= 15 is 0 Å². The van der Waals surface area contributed by atoms with Crippen LogP contribution in [0.25, 0.3) is 0 Å². The van der Waals surface area contributed by atoms with Gasteiger partial charge in [0.25, 0.3) is 0 Å². The van der Waals surface area contributed by atoms with Gasteiger partial charge in [0.15, 0.2) is 0 Å². The van der Waals surface area contributed by atoms with Gasteiger partial charge < -0.3 is 15.2 Å². The summed E-state index contributed by atoms with van der Waals surface area (Å²) in [6, 6.07) is 11.2. The Hall–Kier alpha value is -2.16. The van der Waals surface area contributed by atoms with E-state index in [1.165, 1.54) is 0 Å². The first-order valence-corrected chi connectivity index (χ1v) is 7.22. The maximum atomic E-state index is 9.30. The fourth-order valence-corrected chi connectivity index (χ4v) is 2.39. The van der Waals surface area contributed by atoms with Gasteiger partial charge in [0.2, 0.25) is 5.88 Å². The molecule has 1 aromatic carbocycles. The van der Waals surface area contributed by atoms with Gasteiger partial charge in [-0.05, 0) is 18.6 Å². The highest BCUT2D eigenvalue weighted by Crippen LogP contribution is 2.29. The third-order valence-corrected chi connectivity index (χ3v) is 3.56. The molecule has 1 aromatic heterocycles. The van der Waals surface area contributed by atoms with E-state index in [4.69, 9.17) is 26.8 Å². The number of nitrogen functional groups attached to an aromatic ring is 1. The van der Waals surface area contributed by atoms with Crippen molar-refractivity contribution in [2.75, 3.05) is 19.5 Å². The van der Waals surface area contributed by atoms with Crippen molar-refractivity contribution in [3.05, 3.63) is 46.6 Å². The summed E-state index contributed by atoms with van der Waals surface area (Å²) in [5.41, 5.74) is 7.72. The smallest absolute Gasteiger partial charge is 0.219 e. The largest absolute Gasteiger partial charge is 0.472 e. The molecule has 0 radical (unpaired) electrons. The number of hydrogen-bond acceptors (Lipinski definition) is 4. The molecule has 2 N–H and O–H groups in total. The summed E-state index contributed by atoms with van der Waals surface area (Å²) in [7, 11) is 1.60. The first-order chi connectivity index (χ1) is 10.6. The van der Waals surface area contributed by atoms with Gasteiger partial charge in [0, 0.05) is 18.2 Å². The van der Waals surface area contributed by atoms with E-state index in [0.717, 1.165) is 5.56 Å². The maximum absolute atomic E-state index is 9.30. The van der Waals surface area contributed by atoms with E-state index in [1.54, 1.807) is 17.7 Å². The van der Waals surface area contributed by atoms with Gasteiger partial charge in [0.05, 0.1) is 18.8 Å². The summed E-state index contributed by atoms with van der Waals surface area (Å²) in [6.45, 7) is 2.72. The van der Waals surface area contributed by atoms with Crippen LogP contribution >= 0.6 is 11.6 Å². The number of aromatic nitrogens is 1. The molecule has 0 saturated heterocycles. The van der Waals surface area contributed by atoms with Crippen molar-refractivity contribution in [2.45, 2.75) is 19.6 Å². The van der Waals surface area contributed by atoms with E-state index in [1.807, 2.05) is 31.2 Å². The normalized spacial score (nSPS) is 11.9. The Morgan fingerprint density at radius 1 is 1.41 bits per heavy atom. The van der Waals surface area contributed by atoms with Gasteiger partial charge in [-0.25, -0.2) is 0 Å². The van der Waals surface area contributed by atoms with Crippen LogP contribution in [0.1, 0.15) is 18.2 Å². The highest BCUT2D eigenvalue weighted by molar-refractivity contribution is 6.31. The lowest BCUT2D eigenvalue weighted by Crippen LogP contribution is -2.20. The predicted octanol–water partition coefficient (Wildman–Crippen LogP) is 3.06. The number of hydrogen-bond donors (Lipinski definition) is 1. The summed E-state index contributed by atoms with van der Waals surface area (Å²) >= 11 is 6.20. The molecule has 0 spiro atoms. The summed E-state index contributed by atoms with van der Waals surface area (Å²) in [5, 5.41) is 9.94. The second-order valence-corrected chi connectivity index (χ2v) is 5.37. The quantitative estimate of drug-likeness (QED) is 0.888. The van der Waals surface area contributed by atoms with E-state index in [9.17, 15) is 5.26 Å². The zero-order valence-electron chi connectivity index (χ0n) is 12.5. The number of nitriles is 1. The third-order valence-electron chi connectivity index (χ3n) is 3.19. The van der Waals surface area contributed by atoms with Crippen LogP contribution in [0, 0.1) is 11.3 Å². The molecule has 22 heavy (non-hydrogen) atoms. The molecule has 0 unspecified atom stereocenters. The molecular formula is C16H18ClN3O2. The molecule has 0 saturated carbocycles. The number of nitrogens with two attached hydrogens (primary N) is 1. The second kappa shape index (κ2) is 7.21. The van der Waals surface area contributed by atoms with E-state index in [-0.39, 0.29) is 6.10 Å². The highest BCUT2D eigenvalue weighted by Gasteiger charge is 2.18. The van der Waals surface area contributed by atoms with Crippen molar-refractivity contribution in [1.29, 1.82) is 5.26 Å². The Kier molecular flexibility index (Phi) is 5.31. The minimum absolute atomic E-state index is 0.182. The molecule has 1 atom stereocenters. The Morgan fingerprint density at radius 3 is 2.77 bits per heavy atom. The highest BCUT2D eigenvalue weighted by atomic mass is 35.5. The van der Waals surface area contributed by atoms with Crippen molar-refractivity contribution >= 4 is 17.3 Å². The third kappa shape index (κ3) is 3.53. The number of halogens is 1. The number of methoxy groups -OCH3 is 1. The molecule has 0 amide bonds. The number of anilines is 1. The van der Waals surface area contributed by atoms with Crippen LogP contribution in [0.4, 0.5) is 5.69 Å². The van der Waals surface area contributed by atoms with E-state index < -0.39 is 0 Å². The Bertz CT molecular complexity index is 691. The summed E-state index contributed by atoms with van der Waals surface area (Å²) in [5.74, 6) is 0.459. The topological polar surface area (TPSA) is 73.2 Å². The molecular weight excluding hydrogens is 302 g/mol. The fourth-order valence-electron chi connectivity index (χ4n) is 2.19. The first-order valence-electron chi connectivity index (χ1n) is 6.85. The fraction of sp³-hybridized carbons (Fsp3) is 0.312. The molecule has 2 aromatic rings. The molecule has 0 fully saturated rings. The van der Waals surface area contributed by atoms with Gasteiger partial charge >= 0.3 is 0 Å². The Balaban J connectivity index is 2.37. The summed E-state index contributed by atoms with van der Waals surface area (Å²) < 4.78 is 12.6. The molecule has 0 aliphatic carbocycles. The van der Waals surface area contributed by atoms with Crippen molar-refractivity contribution in [2.24, 2.45) is 0 Å². The zero-order chi connectivity index (χ0) is 16.1. The van der Waals surface area contributed by atoms with Crippen LogP contribution in [0.15, 0.2) is 30.3 Å². The van der Waals surface area contributed by atoms with Crippen LogP contribution in [-0.2, 0) is 11.3 Å². The first kappa shape index (κ1) is 16.2. The Morgan fingerprint density at radius 2 is 2.14 bits per heavy atom. The molecule has 6 heteroatoms.